The van der Waals surface area contributed by atoms with Gasteiger partial charge in [-0.25, -0.2) is 9.97 Å². The first-order chi connectivity index (χ1) is 11.3. The smallest absolute Gasteiger partial charge is 0.226 e. The van der Waals surface area contributed by atoms with E-state index in [9.17, 15) is 5.11 Å². The van der Waals surface area contributed by atoms with E-state index in [1.807, 2.05) is 29.2 Å². The minimum absolute atomic E-state index is 0.329. The lowest BCUT2D eigenvalue weighted by molar-refractivity contribution is 0.153. The highest BCUT2D eigenvalue weighted by Crippen LogP contribution is 2.32. The van der Waals surface area contributed by atoms with Crippen molar-refractivity contribution in [3.63, 3.8) is 0 Å². The number of aliphatic hydroxyl groups excluding tert-OH is 1. The summed E-state index contributed by atoms with van der Waals surface area (Å²) in [5, 5.41) is 9.87. The molecule has 1 aliphatic rings. The van der Waals surface area contributed by atoms with Crippen molar-refractivity contribution in [2.24, 2.45) is 0 Å². The van der Waals surface area contributed by atoms with Crippen LogP contribution in [0.15, 0.2) is 51.8 Å². The fourth-order valence-electron chi connectivity index (χ4n) is 2.87. The summed E-state index contributed by atoms with van der Waals surface area (Å²) in [4.78, 5) is 11.2. The molecule has 6 heteroatoms. The normalized spacial score (nSPS) is 18.3. The predicted octanol–water partition coefficient (Wildman–Crippen LogP) is 2.96. The van der Waals surface area contributed by atoms with Crippen LogP contribution in [-0.4, -0.2) is 34.3 Å². The molecule has 1 saturated heterocycles. The molecular weight excluding hydrogens is 294 g/mol. The molecule has 23 heavy (non-hydrogen) atoms. The monoisotopic (exact) mass is 311 g/mol. The lowest BCUT2D eigenvalue weighted by Crippen LogP contribution is -2.39. The van der Waals surface area contributed by atoms with Crippen molar-refractivity contribution in [3.05, 3.63) is 43.0 Å². The van der Waals surface area contributed by atoms with Crippen LogP contribution < -0.4 is 4.90 Å². The van der Waals surface area contributed by atoms with E-state index in [1.54, 1.807) is 18.7 Å². The van der Waals surface area contributed by atoms with E-state index in [1.165, 1.54) is 0 Å². The maximum Gasteiger partial charge on any atom is 0.226 e. The summed E-state index contributed by atoms with van der Waals surface area (Å²) in [6, 6.07) is 7.39. The van der Waals surface area contributed by atoms with Gasteiger partial charge in [-0.05, 0) is 37.1 Å². The molecule has 0 amide bonds. The largest absolute Gasteiger partial charge is 0.464 e. The van der Waals surface area contributed by atoms with Gasteiger partial charge in [-0.1, -0.05) is 0 Å². The molecule has 1 N–H and O–H groups in total. The SMILES string of the molecule is O[C@H]1CCCN(c2ncc(-c3ccco3)c(-c3ccco3)n2)C1. The Bertz CT molecular complexity index is 768. The minimum Gasteiger partial charge on any atom is -0.464 e. The third-order valence-corrected chi connectivity index (χ3v) is 4.00. The topological polar surface area (TPSA) is 75.5 Å². The maximum absolute atomic E-state index is 9.87. The molecule has 0 bridgehead atoms. The predicted molar refractivity (Wildman–Crippen MR) is 84.9 cm³/mol. The summed E-state index contributed by atoms with van der Waals surface area (Å²) in [5.74, 6) is 1.96. The molecule has 0 aliphatic carbocycles. The van der Waals surface area contributed by atoms with E-state index < -0.39 is 0 Å². The van der Waals surface area contributed by atoms with Crippen LogP contribution in [0, 0.1) is 0 Å². The van der Waals surface area contributed by atoms with E-state index in [2.05, 4.69) is 9.97 Å². The van der Waals surface area contributed by atoms with Crippen molar-refractivity contribution in [3.8, 4) is 22.8 Å². The number of aliphatic hydroxyl groups is 1. The molecule has 6 nitrogen and oxygen atoms in total. The first-order valence-electron chi connectivity index (χ1n) is 7.69. The molecule has 1 fully saturated rings. The third-order valence-electron chi connectivity index (χ3n) is 4.00. The maximum atomic E-state index is 9.87. The summed E-state index contributed by atoms with van der Waals surface area (Å²) < 4.78 is 11.0. The van der Waals surface area contributed by atoms with Gasteiger partial charge in [-0.2, -0.15) is 0 Å². The van der Waals surface area contributed by atoms with Crippen LogP contribution in [-0.2, 0) is 0 Å². The van der Waals surface area contributed by atoms with Crippen molar-refractivity contribution in [1.82, 2.24) is 9.97 Å². The molecule has 0 saturated carbocycles. The van der Waals surface area contributed by atoms with E-state index in [0.717, 1.165) is 24.9 Å². The number of nitrogens with zero attached hydrogens (tertiary/aromatic N) is 3. The number of rotatable bonds is 3. The van der Waals surface area contributed by atoms with Crippen molar-refractivity contribution < 1.29 is 13.9 Å². The third kappa shape index (κ3) is 2.73. The fourth-order valence-corrected chi connectivity index (χ4v) is 2.87. The second-order valence-corrected chi connectivity index (χ2v) is 5.63. The number of hydrogen-bond acceptors (Lipinski definition) is 6. The Balaban J connectivity index is 1.77. The van der Waals surface area contributed by atoms with E-state index in [-0.39, 0.29) is 6.10 Å². The lowest BCUT2D eigenvalue weighted by atomic mass is 10.1. The highest BCUT2D eigenvalue weighted by atomic mass is 16.3. The quantitative estimate of drug-likeness (QED) is 0.801. The second-order valence-electron chi connectivity index (χ2n) is 5.63. The average molecular weight is 311 g/mol. The second kappa shape index (κ2) is 5.89. The van der Waals surface area contributed by atoms with E-state index in [0.29, 0.717) is 29.7 Å². The Labute approximate surface area is 133 Å². The van der Waals surface area contributed by atoms with Crippen molar-refractivity contribution in [1.29, 1.82) is 0 Å². The minimum atomic E-state index is -0.329. The zero-order valence-corrected chi connectivity index (χ0v) is 12.6. The standard InChI is InChI=1S/C17H17N3O3/c21-12-4-1-7-20(11-12)17-18-10-13(14-5-2-8-22-14)16(19-17)15-6-3-9-23-15/h2-3,5-6,8-10,12,21H,1,4,7,11H2/t12-/m0/s1. The van der Waals surface area contributed by atoms with Gasteiger partial charge in [0.1, 0.15) is 11.5 Å². The average Bonchev–Trinajstić information content (AvgIpc) is 3.28. The molecule has 118 valence electrons. The van der Waals surface area contributed by atoms with Crippen molar-refractivity contribution in [2.45, 2.75) is 18.9 Å². The Hall–Kier alpha value is -2.60. The van der Waals surface area contributed by atoms with Crippen LogP contribution in [0.2, 0.25) is 0 Å². The van der Waals surface area contributed by atoms with Gasteiger partial charge in [0.2, 0.25) is 5.95 Å². The number of β-amino-alcohol motifs (C(OH)–C–C–N with tert-alkyl or cyclic N) is 1. The Kier molecular flexibility index (Phi) is 3.59. The number of aromatic nitrogens is 2. The Morgan fingerprint density at radius 2 is 1.91 bits per heavy atom. The van der Waals surface area contributed by atoms with Crippen molar-refractivity contribution in [2.75, 3.05) is 18.0 Å². The summed E-state index contributed by atoms with van der Waals surface area (Å²) in [6.45, 7) is 1.40. The van der Waals surface area contributed by atoms with E-state index in [4.69, 9.17) is 8.83 Å². The molecule has 3 aromatic heterocycles. The number of piperidine rings is 1. The highest BCUT2D eigenvalue weighted by Gasteiger charge is 2.22. The first-order valence-corrected chi connectivity index (χ1v) is 7.69. The number of furan rings is 2. The van der Waals surface area contributed by atoms with Gasteiger partial charge in [-0.3, -0.25) is 0 Å². The van der Waals surface area contributed by atoms with Crippen LogP contribution in [0.5, 0.6) is 0 Å². The summed E-state index contributed by atoms with van der Waals surface area (Å²) in [7, 11) is 0. The molecule has 1 atom stereocenters. The van der Waals surface area contributed by atoms with Crippen LogP contribution in [0.3, 0.4) is 0 Å². The van der Waals surface area contributed by atoms with Crippen LogP contribution in [0.1, 0.15) is 12.8 Å². The molecule has 4 rings (SSSR count). The molecule has 1 aliphatic heterocycles. The molecule has 0 unspecified atom stereocenters. The lowest BCUT2D eigenvalue weighted by Gasteiger charge is -2.30. The molecule has 0 spiro atoms. The van der Waals surface area contributed by atoms with Gasteiger partial charge in [0, 0.05) is 19.3 Å². The fraction of sp³-hybridized carbons (Fsp3) is 0.294. The van der Waals surface area contributed by atoms with Crippen molar-refractivity contribution >= 4 is 5.95 Å². The Morgan fingerprint density at radius 3 is 2.61 bits per heavy atom. The molecule has 0 aromatic carbocycles. The Morgan fingerprint density at radius 1 is 1.13 bits per heavy atom. The van der Waals surface area contributed by atoms with Gasteiger partial charge in [0.05, 0.1) is 24.2 Å². The van der Waals surface area contributed by atoms with Gasteiger partial charge in [-0.15, -0.1) is 0 Å². The first kappa shape index (κ1) is 14.0. The van der Waals surface area contributed by atoms with Gasteiger partial charge < -0.3 is 18.8 Å². The molecule has 0 radical (unpaired) electrons. The van der Waals surface area contributed by atoms with Gasteiger partial charge in [0.15, 0.2) is 5.76 Å². The number of anilines is 1. The van der Waals surface area contributed by atoms with Gasteiger partial charge >= 0.3 is 0 Å². The molecule has 4 heterocycles. The molecule has 3 aromatic rings. The number of hydrogen-bond donors (Lipinski definition) is 1. The summed E-state index contributed by atoms with van der Waals surface area (Å²) in [5.41, 5.74) is 1.47. The van der Waals surface area contributed by atoms with E-state index >= 15 is 0 Å². The van der Waals surface area contributed by atoms with Crippen LogP contribution in [0.4, 0.5) is 5.95 Å². The van der Waals surface area contributed by atoms with Gasteiger partial charge in [0.25, 0.3) is 0 Å². The van der Waals surface area contributed by atoms with Crippen LogP contribution in [0.25, 0.3) is 22.8 Å². The summed E-state index contributed by atoms with van der Waals surface area (Å²) >= 11 is 0. The summed E-state index contributed by atoms with van der Waals surface area (Å²) in [6.07, 6.45) is 6.42. The zero-order chi connectivity index (χ0) is 15.6. The molecular formula is C17H17N3O3. The van der Waals surface area contributed by atoms with Crippen LogP contribution >= 0.6 is 0 Å². The zero-order valence-electron chi connectivity index (χ0n) is 12.6. The highest BCUT2D eigenvalue weighted by molar-refractivity contribution is 5.75.